The number of nitrogen functional groups attached to an aromatic ring is 1. The Morgan fingerprint density at radius 1 is 1.38 bits per heavy atom. The molecule has 0 fully saturated rings. The van der Waals surface area contributed by atoms with Crippen molar-refractivity contribution >= 4 is 11.8 Å². The van der Waals surface area contributed by atoms with Gasteiger partial charge in [-0.15, -0.1) is 0 Å². The molecule has 0 radical (unpaired) electrons. The Kier molecular flexibility index (Phi) is 4.42. The molecule has 0 saturated carbocycles. The fourth-order valence-corrected chi connectivity index (χ4v) is 1.98. The van der Waals surface area contributed by atoms with Crippen LogP contribution in [0.15, 0.2) is 18.3 Å². The Bertz CT molecular complexity index is 634. The van der Waals surface area contributed by atoms with Crippen molar-refractivity contribution in [2.24, 2.45) is 0 Å². The SMILES string of the molecule is CCOC(=O)c1nc(CC)n(-c2ccc(OC)nc2)c1N. The minimum Gasteiger partial charge on any atom is -0.481 e. The smallest absolute Gasteiger partial charge is 0.360 e. The second-order valence-electron chi connectivity index (χ2n) is 4.23. The van der Waals surface area contributed by atoms with Gasteiger partial charge in [-0.1, -0.05) is 6.92 Å². The molecule has 2 aromatic heterocycles. The second-order valence-corrected chi connectivity index (χ2v) is 4.23. The molecule has 0 aliphatic rings. The van der Waals surface area contributed by atoms with Crippen molar-refractivity contribution in [2.75, 3.05) is 19.5 Å². The molecule has 0 aliphatic heterocycles. The molecule has 0 aromatic carbocycles. The van der Waals surface area contributed by atoms with Gasteiger partial charge in [0.1, 0.15) is 11.6 Å². The number of hydrogen-bond donors (Lipinski definition) is 1. The van der Waals surface area contributed by atoms with Crippen molar-refractivity contribution < 1.29 is 14.3 Å². The minimum absolute atomic E-state index is 0.129. The summed E-state index contributed by atoms with van der Waals surface area (Å²) < 4.78 is 11.7. The van der Waals surface area contributed by atoms with Gasteiger partial charge in [0, 0.05) is 12.5 Å². The molecule has 0 atom stereocenters. The third-order valence-corrected chi connectivity index (χ3v) is 2.96. The summed E-state index contributed by atoms with van der Waals surface area (Å²) in [7, 11) is 1.55. The van der Waals surface area contributed by atoms with Crippen molar-refractivity contribution in [3.8, 4) is 11.6 Å². The van der Waals surface area contributed by atoms with E-state index in [9.17, 15) is 4.79 Å². The topological polar surface area (TPSA) is 92.3 Å². The number of anilines is 1. The molecule has 2 aromatic rings. The molecule has 112 valence electrons. The third-order valence-electron chi connectivity index (χ3n) is 2.96. The number of rotatable bonds is 5. The Balaban J connectivity index is 2.48. The first-order valence-corrected chi connectivity index (χ1v) is 6.66. The fourth-order valence-electron chi connectivity index (χ4n) is 1.98. The molecular weight excluding hydrogens is 272 g/mol. The summed E-state index contributed by atoms with van der Waals surface area (Å²) in [6, 6.07) is 3.52. The summed E-state index contributed by atoms with van der Waals surface area (Å²) >= 11 is 0. The molecule has 2 rings (SSSR count). The van der Waals surface area contributed by atoms with Crippen molar-refractivity contribution in [3.63, 3.8) is 0 Å². The van der Waals surface area contributed by atoms with Gasteiger partial charge >= 0.3 is 5.97 Å². The van der Waals surface area contributed by atoms with Gasteiger partial charge < -0.3 is 15.2 Å². The predicted molar refractivity (Wildman–Crippen MR) is 77.7 cm³/mol. The van der Waals surface area contributed by atoms with Crippen molar-refractivity contribution in [3.05, 3.63) is 29.8 Å². The number of hydrogen-bond acceptors (Lipinski definition) is 6. The van der Waals surface area contributed by atoms with Crippen LogP contribution in [0.25, 0.3) is 5.69 Å². The standard InChI is InChI=1S/C14H18N4O3/c1-4-10-17-12(14(19)21-5-2)13(15)18(10)9-6-7-11(20-3)16-8-9/h6-8H,4-5,15H2,1-3H3. The summed E-state index contributed by atoms with van der Waals surface area (Å²) in [5, 5.41) is 0. The normalized spacial score (nSPS) is 10.4. The van der Waals surface area contributed by atoms with Crippen LogP contribution in [0.1, 0.15) is 30.2 Å². The quantitative estimate of drug-likeness (QED) is 0.841. The summed E-state index contributed by atoms with van der Waals surface area (Å²) in [6.45, 7) is 3.94. The van der Waals surface area contributed by atoms with E-state index in [-0.39, 0.29) is 18.1 Å². The number of esters is 1. The van der Waals surface area contributed by atoms with Crippen LogP contribution in [0.2, 0.25) is 0 Å². The highest BCUT2D eigenvalue weighted by Crippen LogP contribution is 2.22. The number of aryl methyl sites for hydroxylation is 1. The van der Waals surface area contributed by atoms with E-state index in [0.29, 0.717) is 23.8 Å². The first kappa shape index (κ1) is 14.8. The lowest BCUT2D eigenvalue weighted by Crippen LogP contribution is -2.09. The van der Waals surface area contributed by atoms with E-state index in [0.717, 1.165) is 0 Å². The lowest BCUT2D eigenvalue weighted by atomic mass is 10.3. The van der Waals surface area contributed by atoms with Crippen LogP contribution >= 0.6 is 0 Å². The van der Waals surface area contributed by atoms with E-state index in [1.165, 1.54) is 0 Å². The molecule has 0 saturated heterocycles. The monoisotopic (exact) mass is 290 g/mol. The van der Waals surface area contributed by atoms with Crippen molar-refractivity contribution in [1.82, 2.24) is 14.5 Å². The van der Waals surface area contributed by atoms with Crippen LogP contribution in [-0.4, -0.2) is 34.2 Å². The van der Waals surface area contributed by atoms with Gasteiger partial charge in [-0.05, 0) is 13.0 Å². The predicted octanol–water partition coefficient (Wildman–Crippen LogP) is 1.60. The number of pyridine rings is 1. The van der Waals surface area contributed by atoms with E-state index in [1.54, 1.807) is 36.9 Å². The molecular formula is C14H18N4O3. The molecule has 7 heteroatoms. The van der Waals surface area contributed by atoms with Crippen LogP contribution in [0, 0.1) is 0 Å². The second kappa shape index (κ2) is 6.25. The van der Waals surface area contributed by atoms with Gasteiger partial charge in [-0.2, -0.15) is 0 Å². The Morgan fingerprint density at radius 3 is 2.67 bits per heavy atom. The van der Waals surface area contributed by atoms with Crippen LogP contribution in [0.3, 0.4) is 0 Å². The molecule has 2 N–H and O–H groups in total. The van der Waals surface area contributed by atoms with Gasteiger partial charge in [-0.3, -0.25) is 4.57 Å². The van der Waals surface area contributed by atoms with Crippen LogP contribution < -0.4 is 10.5 Å². The fraction of sp³-hybridized carbons (Fsp3) is 0.357. The largest absolute Gasteiger partial charge is 0.481 e. The molecule has 21 heavy (non-hydrogen) atoms. The number of carbonyl (C=O) groups is 1. The van der Waals surface area contributed by atoms with E-state index in [4.69, 9.17) is 15.2 Å². The van der Waals surface area contributed by atoms with Crippen LogP contribution in [0.5, 0.6) is 5.88 Å². The Labute approximate surface area is 122 Å². The molecule has 2 heterocycles. The highest BCUT2D eigenvalue weighted by Gasteiger charge is 2.21. The number of methoxy groups -OCH3 is 1. The van der Waals surface area contributed by atoms with E-state index in [1.807, 2.05) is 6.92 Å². The van der Waals surface area contributed by atoms with E-state index >= 15 is 0 Å². The van der Waals surface area contributed by atoms with Gasteiger partial charge in [0.15, 0.2) is 5.69 Å². The summed E-state index contributed by atoms with van der Waals surface area (Å²) in [5.74, 6) is 0.894. The molecule has 0 aliphatic carbocycles. The van der Waals surface area contributed by atoms with Crippen LogP contribution in [0.4, 0.5) is 5.82 Å². The van der Waals surface area contributed by atoms with Gasteiger partial charge in [-0.25, -0.2) is 14.8 Å². The first-order chi connectivity index (χ1) is 10.1. The zero-order chi connectivity index (χ0) is 15.4. The lowest BCUT2D eigenvalue weighted by Gasteiger charge is -2.09. The number of carbonyl (C=O) groups excluding carboxylic acids is 1. The first-order valence-electron chi connectivity index (χ1n) is 6.66. The van der Waals surface area contributed by atoms with Gasteiger partial charge in [0.05, 0.1) is 25.6 Å². The summed E-state index contributed by atoms with van der Waals surface area (Å²) in [5.41, 5.74) is 6.90. The van der Waals surface area contributed by atoms with Crippen LogP contribution in [-0.2, 0) is 11.2 Å². The Morgan fingerprint density at radius 2 is 2.14 bits per heavy atom. The molecule has 0 amide bonds. The van der Waals surface area contributed by atoms with Gasteiger partial charge in [0.25, 0.3) is 0 Å². The van der Waals surface area contributed by atoms with Gasteiger partial charge in [0.2, 0.25) is 5.88 Å². The molecule has 0 unspecified atom stereocenters. The summed E-state index contributed by atoms with van der Waals surface area (Å²) in [4.78, 5) is 20.3. The number of aromatic nitrogens is 3. The van der Waals surface area contributed by atoms with Crippen molar-refractivity contribution in [2.45, 2.75) is 20.3 Å². The average Bonchev–Trinajstić information content (AvgIpc) is 2.84. The maximum absolute atomic E-state index is 11.9. The zero-order valence-corrected chi connectivity index (χ0v) is 12.3. The highest BCUT2D eigenvalue weighted by molar-refractivity contribution is 5.92. The lowest BCUT2D eigenvalue weighted by molar-refractivity contribution is 0.0521. The minimum atomic E-state index is -0.523. The van der Waals surface area contributed by atoms with Crippen molar-refractivity contribution in [1.29, 1.82) is 0 Å². The maximum atomic E-state index is 11.9. The highest BCUT2D eigenvalue weighted by atomic mass is 16.5. The molecule has 0 spiro atoms. The number of imidazole rings is 1. The van der Waals surface area contributed by atoms with E-state index < -0.39 is 5.97 Å². The zero-order valence-electron chi connectivity index (χ0n) is 12.3. The molecule has 7 nitrogen and oxygen atoms in total. The van der Waals surface area contributed by atoms with E-state index in [2.05, 4.69) is 9.97 Å². The number of ether oxygens (including phenoxy) is 2. The summed E-state index contributed by atoms with van der Waals surface area (Å²) in [6.07, 6.45) is 2.24. The molecule has 0 bridgehead atoms. The third kappa shape index (κ3) is 2.81. The number of nitrogens with two attached hydrogens (primary N) is 1. The maximum Gasteiger partial charge on any atom is 0.360 e. The number of nitrogens with zero attached hydrogens (tertiary/aromatic N) is 3. The Hall–Kier alpha value is -2.57. The average molecular weight is 290 g/mol.